The molecular formula is C40H50ClN3O6S. The van der Waals surface area contributed by atoms with Crippen molar-refractivity contribution in [2.75, 3.05) is 44.1 Å². The number of ether oxygens (including phenoxy) is 3. The smallest absolute Gasteiger partial charge is 0.286 e. The average Bonchev–Trinajstić information content (AvgIpc) is 3.52. The third-order valence-electron chi connectivity index (χ3n) is 12.6. The second-order valence-corrected chi connectivity index (χ2v) is 18.6. The van der Waals surface area contributed by atoms with Crippen LogP contribution in [0.1, 0.15) is 86.2 Å². The minimum absolute atomic E-state index is 0.0385. The molecule has 6 aliphatic rings. The molecular weight excluding hydrogens is 686 g/mol. The van der Waals surface area contributed by atoms with Gasteiger partial charge in [-0.05, 0) is 123 Å². The number of anilines is 1. The van der Waals surface area contributed by atoms with Crippen LogP contribution in [-0.4, -0.2) is 66.9 Å². The Labute approximate surface area is 307 Å². The fourth-order valence-electron chi connectivity index (χ4n) is 9.71. The second-order valence-electron chi connectivity index (χ2n) is 16.2. The van der Waals surface area contributed by atoms with Gasteiger partial charge in [-0.25, -0.2) is 4.21 Å². The quantitative estimate of drug-likeness (QED) is 0.337. The second kappa shape index (κ2) is 13.8. The highest BCUT2D eigenvalue weighted by molar-refractivity contribution is 7.92. The summed E-state index contributed by atoms with van der Waals surface area (Å²) in [5.41, 5.74) is 3.27. The number of nitrogens with one attached hydrogen (secondary N) is 1. The molecule has 2 bridgehead atoms. The van der Waals surface area contributed by atoms with Crippen LogP contribution in [-0.2, 0) is 36.0 Å². The zero-order valence-electron chi connectivity index (χ0n) is 29.7. The predicted octanol–water partition coefficient (Wildman–Crippen LogP) is 7.05. The van der Waals surface area contributed by atoms with E-state index < -0.39 is 15.8 Å². The summed E-state index contributed by atoms with van der Waals surface area (Å²) in [6.07, 6.45) is 13.2. The fraction of sp³-hybridized carbons (Fsp3) is 0.600. The number of hydrogen-bond acceptors (Lipinski definition) is 7. The SMILES string of the molecule is CO[C@H]1/C=C/C[C@H](C)C[S@@](=O)(NC(=O)C2CC3(CCCO3)C2)=NC(=O)c2ccc3c(c2)N(C[C@@H]2CC[C@H]21)C[C@@]1(CCCc2cc(Cl)ccc21)CO3. The Kier molecular flexibility index (Phi) is 9.51. The molecule has 0 unspecified atom stereocenters. The van der Waals surface area contributed by atoms with Gasteiger partial charge in [0, 0.05) is 48.7 Å². The van der Waals surface area contributed by atoms with Crippen LogP contribution in [0.2, 0.25) is 5.02 Å². The molecule has 3 aliphatic carbocycles. The lowest BCUT2D eigenvalue weighted by Gasteiger charge is -2.46. The minimum Gasteiger partial charge on any atom is -0.490 e. The predicted molar refractivity (Wildman–Crippen MR) is 199 cm³/mol. The highest BCUT2D eigenvalue weighted by atomic mass is 35.5. The van der Waals surface area contributed by atoms with Crippen LogP contribution in [0.3, 0.4) is 0 Å². The van der Waals surface area contributed by atoms with Gasteiger partial charge in [-0.3, -0.25) is 14.3 Å². The third kappa shape index (κ3) is 6.86. The maximum absolute atomic E-state index is 14.6. The van der Waals surface area contributed by atoms with E-state index in [1.165, 1.54) is 11.1 Å². The van der Waals surface area contributed by atoms with Crippen LogP contribution < -0.4 is 14.4 Å². The Morgan fingerprint density at radius 3 is 2.76 bits per heavy atom. The van der Waals surface area contributed by atoms with Crippen LogP contribution in [0.25, 0.3) is 0 Å². The van der Waals surface area contributed by atoms with Crippen molar-refractivity contribution in [3.63, 3.8) is 0 Å². The summed E-state index contributed by atoms with van der Waals surface area (Å²) in [4.78, 5) is 29.9. The number of carbonyl (C=O) groups is 2. The Balaban J connectivity index is 1.16. The molecule has 0 aromatic heterocycles. The summed E-state index contributed by atoms with van der Waals surface area (Å²) in [6, 6.07) is 11.7. The largest absolute Gasteiger partial charge is 0.490 e. The van der Waals surface area contributed by atoms with Crippen molar-refractivity contribution in [3.8, 4) is 5.75 Å². The molecule has 1 N–H and O–H groups in total. The van der Waals surface area contributed by atoms with Crippen molar-refractivity contribution in [2.24, 2.45) is 28.0 Å². The van der Waals surface area contributed by atoms with Crippen LogP contribution in [0.15, 0.2) is 52.9 Å². The first-order valence-corrected chi connectivity index (χ1v) is 20.9. The number of allylic oxidation sites excluding steroid dienone is 1. The van der Waals surface area contributed by atoms with Crippen LogP contribution in [0.4, 0.5) is 5.69 Å². The number of nitrogens with zero attached hydrogens (tertiary/aromatic N) is 2. The number of hydrogen-bond donors (Lipinski definition) is 1. The molecule has 51 heavy (non-hydrogen) atoms. The summed E-state index contributed by atoms with van der Waals surface area (Å²) in [7, 11) is -1.66. The molecule has 2 amide bonds. The summed E-state index contributed by atoms with van der Waals surface area (Å²) in [5.74, 6) is 0.240. The Hall–Kier alpha value is -2.92. The number of amides is 2. The summed E-state index contributed by atoms with van der Waals surface area (Å²) < 4.78 is 40.4. The lowest BCUT2D eigenvalue weighted by atomic mass is 9.68. The van der Waals surface area contributed by atoms with Crippen molar-refractivity contribution in [2.45, 2.75) is 88.3 Å². The minimum atomic E-state index is -3.43. The molecule has 3 aliphatic heterocycles. The maximum atomic E-state index is 14.6. The van der Waals surface area contributed by atoms with E-state index in [-0.39, 0.29) is 40.6 Å². The molecule has 2 aromatic carbocycles. The number of rotatable bonds is 3. The van der Waals surface area contributed by atoms with Gasteiger partial charge in [0.05, 0.1) is 29.8 Å². The Bertz CT molecular complexity index is 1840. The molecule has 3 fully saturated rings. The molecule has 0 radical (unpaired) electrons. The van der Waals surface area contributed by atoms with Crippen molar-refractivity contribution < 1.29 is 28.0 Å². The van der Waals surface area contributed by atoms with Gasteiger partial charge in [-0.1, -0.05) is 36.7 Å². The van der Waals surface area contributed by atoms with E-state index >= 15 is 0 Å². The van der Waals surface area contributed by atoms with Crippen molar-refractivity contribution in [1.82, 2.24) is 4.72 Å². The summed E-state index contributed by atoms with van der Waals surface area (Å²) >= 11 is 6.46. The van der Waals surface area contributed by atoms with E-state index in [4.69, 9.17) is 25.8 Å². The molecule has 2 spiro atoms. The van der Waals surface area contributed by atoms with E-state index in [0.717, 1.165) is 81.1 Å². The summed E-state index contributed by atoms with van der Waals surface area (Å²) in [5, 5.41) is 0.748. The Morgan fingerprint density at radius 2 is 2.00 bits per heavy atom. The van der Waals surface area contributed by atoms with Crippen molar-refractivity contribution in [3.05, 3.63) is 70.3 Å². The van der Waals surface area contributed by atoms with E-state index in [0.29, 0.717) is 43.3 Å². The zero-order chi connectivity index (χ0) is 35.4. The van der Waals surface area contributed by atoms with Gasteiger partial charge in [0.1, 0.15) is 15.7 Å². The highest BCUT2D eigenvalue weighted by Crippen LogP contribution is 2.48. The van der Waals surface area contributed by atoms with Crippen LogP contribution in [0.5, 0.6) is 5.75 Å². The van der Waals surface area contributed by atoms with Gasteiger partial charge >= 0.3 is 0 Å². The maximum Gasteiger partial charge on any atom is 0.286 e. The number of carbonyl (C=O) groups excluding carboxylic acids is 2. The topological polar surface area (TPSA) is 107 Å². The van der Waals surface area contributed by atoms with Crippen molar-refractivity contribution in [1.29, 1.82) is 0 Å². The fourth-order valence-corrected chi connectivity index (χ4v) is 11.9. The van der Waals surface area contributed by atoms with Crippen LogP contribution >= 0.6 is 11.6 Å². The highest BCUT2D eigenvalue weighted by Gasteiger charge is 2.50. The number of methoxy groups -OCH3 is 1. The van der Waals surface area contributed by atoms with Gasteiger partial charge in [0.15, 0.2) is 0 Å². The van der Waals surface area contributed by atoms with Gasteiger partial charge in [-0.2, -0.15) is 0 Å². The lowest BCUT2D eigenvalue weighted by Crippen LogP contribution is -2.51. The standard InChI is InChI=1S/C40H50ClN3O6S/c1-26-6-3-8-35(48-2)32-12-9-29(32)22-44-24-39(15-4-7-27-18-31(41)11-13-33(27)39)25-49-36-14-10-28(19-34(36)44)37(45)42-51(47,23-26)43-38(46)30-20-40(21-30)16-5-17-50-40/h3,8,10-11,13-14,18-19,26,29-30,32,35H,4-7,9,12,15-17,20-25H2,1-2H3,(H,42,43,45,46,47)/b8-3+/t26-,29-,30?,32+,35-,39-,40?,51-/m0/s1. The van der Waals surface area contributed by atoms with Gasteiger partial charge in [0.25, 0.3) is 5.91 Å². The first kappa shape index (κ1) is 35.1. The molecule has 6 atom stereocenters. The molecule has 2 aromatic rings. The number of fused-ring (bicyclic) bond motifs is 4. The van der Waals surface area contributed by atoms with Crippen molar-refractivity contribution >= 4 is 39.0 Å². The number of halogens is 1. The molecule has 1 saturated heterocycles. The normalized spacial score (nSPS) is 36.8. The van der Waals surface area contributed by atoms with E-state index in [1.807, 2.05) is 25.1 Å². The molecule has 3 heterocycles. The molecule has 8 rings (SSSR count). The number of benzene rings is 2. The first-order chi connectivity index (χ1) is 24.6. The van der Waals surface area contributed by atoms with Crippen LogP contribution in [0, 0.1) is 23.7 Å². The zero-order valence-corrected chi connectivity index (χ0v) is 31.3. The molecule has 11 heteroatoms. The monoisotopic (exact) mass is 735 g/mol. The summed E-state index contributed by atoms with van der Waals surface area (Å²) in [6.45, 7) is 4.76. The number of aryl methyl sites for hydroxylation is 1. The van der Waals surface area contributed by atoms with E-state index in [1.54, 1.807) is 13.2 Å². The van der Waals surface area contributed by atoms with E-state index in [2.05, 4.69) is 38.3 Å². The van der Waals surface area contributed by atoms with Gasteiger partial charge in [-0.15, -0.1) is 4.36 Å². The van der Waals surface area contributed by atoms with Gasteiger partial charge < -0.3 is 19.1 Å². The first-order valence-electron chi connectivity index (χ1n) is 18.8. The molecule has 274 valence electrons. The lowest BCUT2D eigenvalue weighted by molar-refractivity contribution is -0.141. The average molecular weight is 736 g/mol. The third-order valence-corrected chi connectivity index (χ3v) is 14.8. The molecule has 9 nitrogen and oxygen atoms in total. The molecule has 2 saturated carbocycles. The van der Waals surface area contributed by atoms with Gasteiger partial charge in [0.2, 0.25) is 5.91 Å². The Morgan fingerprint density at radius 1 is 1.14 bits per heavy atom. The van der Waals surface area contributed by atoms with E-state index in [9.17, 15) is 13.8 Å².